The lowest BCUT2D eigenvalue weighted by Crippen LogP contribution is -2.29. The Balaban J connectivity index is 1.75. The molecule has 0 saturated heterocycles. The summed E-state index contributed by atoms with van der Waals surface area (Å²) in [6.07, 6.45) is 1.60. The van der Waals surface area contributed by atoms with Gasteiger partial charge in [0.25, 0.3) is 11.6 Å². The van der Waals surface area contributed by atoms with Gasteiger partial charge in [-0.2, -0.15) is 0 Å². The summed E-state index contributed by atoms with van der Waals surface area (Å²) in [6, 6.07) is 16.7. The lowest BCUT2D eigenvalue weighted by atomic mass is 9.90. The van der Waals surface area contributed by atoms with Crippen LogP contribution in [0.2, 0.25) is 0 Å². The zero-order valence-electron chi connectivity index (χ0n) is 13.4. The maximum absolute atomic E-state index is 12.8. The second-order valence-corrected chi connectivity index (χ2v) is 5.87. The molecule has 1 aliphatic rings. The topological polar surface area (TPSA) is 89.3 Å². The number of para-hydroxylation sites is 1. The fourth-order valence-corrected chi connectivity index (χ4v) is 3.15. The third-order valence-electron chi connectivity index (χ3n) is 4.32. The normalized spacial score (nSPS) is 12.6. The van der Waals surface area contributed by atoms with Crippen LogP contribution in [0.15, 0.2) is 66.4 Å². The number of amides is 1. The number of hydrogen-bond acceptors (Lipinski definition) is 4. The number of carbonyl (C=O) groups is 2. The minimum absolute atomic E-state index is 0.0942. The molecule has 6 heteroatoms. The Morgan fingerprint density at radius 2 is 1.69 bits per heavy atom. The number of benzene rings is 3. The third kappa shape index (κ3) is 2.44. The molecule has 0 spiro atoms. The average Bonchev–Trinajstić information content (AvgIpc) is 2.65. The SMILES string of the molecule is O=C(NC1=Cc2cccc3cccc(c23)C1=O)c1ccccc1[N+](=O)[O-]. The molecule has 26 heavy (non-hydrogen) atoms. The standard InChI is InChI=1S/C20H12N2O4/c23-19-15-9-4-6-12-5-3-7-13(18(12)15)11-16(19)21-20(24)14-8-1-2-10-17(14)22(25)26/h1-11H,(H,21,24). The first-order chi connectivity index (χ1) is 12.6. The molecule has 6 nitrogen and oxygen atoms in total. The molecule has 0 fully saturated rings. The van der Waals surface area contributed by atoms with Gasteiger partial charge in [0.2, 0.25) is 5.78 Å². The van der Waals surface area contributed by atoms with Gasteiger partial charge in [0, 0.05) is 17.0 Å². The quantitative estimate of drug-likeness (QED) is 0.579. The minimum Gasteiger partial charge on any atom is -0.318 e. The highest BCUT2D eigenvalue weighted by Gasteiger charge is 2.26. The van der Waals surface area contributed by atoms with Crippen molar-refractivity contribution < 1.29 is 14.5 Å². The van der Waals surface area contributed by atoms with E-state index >= 15 is 0 Å². The van der Waals surface area contributed by atoms with Gasteiger partial charge in [-0.15, -0.1) is 0 Å². The first-order valence-electron chi connectivity index (χ1n) is 7.89. The number of allylic oxidation sites excluding steroid dienone is 1. The van der Waals surface area contributed by atoms with Crippen LogP contribution in [0.4, 0.5) is 5.69 Å². The molecule has 4 rings (SSSR count). The highest BCUT2D eigenvalue weighted by Crippen LogP contribution is 2.30. The van der Waals surface area contributed by atoms with Gasteiger partial charge < -0.3 is 5.32 Å². The van der Waals surface area contributed by atoms with Crippen LogP contribution in [0.5, 0.6) is 0 Å². The molecule has 0 aromatic heterocycles. The first-order valence-corrected chi connectivity index (χ1v) is 7.89. The smallest absolute Gasteiger partial charge is 0.282 e. The fraction of sp³-hybridized carbons (Fsp3) is 0. The van der Waals surface area contributed by atoms with Crippen molar-refractivity contribution in [3.63, 3.8) is 0 Å². The van der Waals surface area contributed by atoms with E-state index in [4.69, 9.17) is 0 Å². The molecule has 1 aliphatic carbocycles. The van der Waals surface area contributed by atoms with Gasteiger partial charge in [0.1, 0.15) is 5.56 Å². The summed E-state index contributed by atoms with van der Waals surface area (Å²) in [7, 11) is 0. The van der Waals surface area contributed by atoms with Crippen LogP contribution in [0.25, 0.3) is 16.8 Å². The summed E-state index contributed by atoms with van der Waals surface area (Å²) in [5.74, 6) is -1.01. The second-order valence-electron chi connectivity index (χ2n) is 5.87. The van der Waals surface area contributed by atoms with Crippen LogP contribution in [0.3, 0.4) is 0 Å². The van der Waals surface area contributed by atoms with E-state index in [1.165, 1.54) is 24.3 Å². The summed E-state index contributed by atoms with van der Waals surface area (Å²) in [5.41, 5.74) is 1.01. The Hall–Kier alpha value is -3.80. The lowest BCUT2D eigenvalue weighted by Gasteiger charge is -2.17. The van der Waals surface area contributed by atoms with Crippen molar-refractivity contribution in [1.29, 1.82) is 0 Å². The highest BCUT2D eigenvalue weighted by atomic mass is 16.6. The van der Waals surface area contributed by atoms with Crippen molar-refractivity contribution in [3.8, 4) is 0 Å². The largest absolute Gasteiger partial charge is 0.318 e. The van der Waals surface area contributed by atoms with Crippen LogP contribution in [-0.4, -0.2) is 16.6 Å². The number of nitro benzene ring substituents is 1. The van der Waals surface area contributed by atoms with Gasteiger partial charge in [-0.3, -0.25) is 19.7 Å². The van der Waals surface area contributed by atoms with Gasteiger partial charge >= 0.3 is 0 Å². The Morgan fingerprint density at radius 3 is 2.46 bits per heavy atom. The van der Waals surface area contributed by atoms with E-state index in [9.17, 15) is 19.7 Å². The fourth-order valence-electron chi connectivity index (χ4n) is 3.15. The van der Waals surface area contributed by atoms with Crippen LogP contribution in [-0.2, 0) is 0 Å². The third-order valence-corrected chi connectivity index (χ3v) is 4.32. The van der Waals surface area contributed by atoms with Crippen molar-refractivity contribution in [1.82, 2.24) is 5.32 Å². The van der Waals surface area contributed by atoms with E-state index in [1.54, 1.807) is 18.2 Å². The number of Topliss-reactive ketones (excluding diaryl/α,β-unsaturated/α-hetero) is 1. The number of nitrogens with zero attached hydrogens (tertiary/aromatic N) is 1. The van der Waals surface area contributed by atoms with Crippen molar-refractivity contribution >= 4 is 34.2 Å². The Morgan fingerprint density at radius 1 is 0.962 bits per heavy atom. The maximum atomic E-state index is 12.8. The molecule has 1 amide bonds. The maximum Gasteiger partial charge on any atom is 0.282 e. The van der Waals surface area contributed by atoms with E-state index in [0.717, 1.165) is 16.3 Å². The number of ketones is 1. The second kappa shape index (κ2) is 5.93. The van der Waals surface area contributed by atoms with Gasteiger partial charge in [0.15, 0.2) is 0 Å². The molecule has 0 unspecified atom stereocenters. The molecule has 0 saturated carbocycles. The molecule has 0 aliphatic heterocycles. The van der Waals surface area contributed by atoms with Gasteiger partial charge in [0.05, 0.1) is 10.6 Å². The number of nitro groups is 1. The average molecular weight is 344 g/mol. The van der Waals surface area contributed by atoms with E-state index in [0.29, 0.717) is 5.56 Å². The van der Waals surface area contributed by atoms with Crippen molar-refractivity contribution in [2.45, 2.75) is 0 Å². The van der Waals surface area contributed by atoms with E-state index in [1.807, 2.05) is 24.3 Å². The molecule has 1 N–H and O–H groups in total. The zero-order chi connectivity index (χ0) is 18.3. The summed E-state index contributed by atoms with van der Waals surface area (Å²) in [6.45, 7) is 0. The van der Waals surface area contributed by atoms with Gasteiger partial charge in [-0.25, -0.2) is 0 Å². The molecule has 0 atom stereocenters. The molecule has 0 radical (unpaired) electrons. The molecule has 0 bridgehead atoms. The van der Waals surface area contributed by atoms with Gasteiger partial charge in [-0.05, 0) is 23.1 Å². The molecular weight excluding hydrogens is 332 g/mol. The molecular formula is C20H12N2O4. The Bertz CT molecular complexity index is 1130. The lowest BCUT2D eigenvalue weighted by molar-refractivity contribution is -0.385. The molecule has 3 aromatic rings. The number of rotatable bonds is 3. The van der Waals surface area contributed by atoms with E-state index < -0.39 is 10.8 Å². The monoisotopic (exact) mass is 344 g/mol. The number of nitrogens with one attached hydrogen (secondary N) is 1. The van der Waals surface area contributed by atoms with Gasteiger partial charge in [-0.1, -0.05) is 48.5 Å². The highest BCUT2D eigenvalue weighted by molar-refractivity contribution is 6.24. The Labute approximate surface area is 147 Å². The van der Waals surface area contributed by atoms with Crippen LogP contribution in [0.1, 0.15) is 26.3 Å². The van der Waals surface area contributed by atoms with Crippen LogP contribution >= 0.6 is 0 Å². The number of hydrogen-bond donors (Lipinski definition) is 1. The predicted octanol–water partition coefficient (Wildman–Crippen LogP) is 3.72. The van der Waals surface area contributed by atoms with Crippen molar-refractivity contribution in [2.75, 3.05) is 0 Å². The van der Waals surface area contributed by atoms with Crippen molar-refractivity contribution in [3.05, 3.63) is 93.2 Å². The Kier molecular flexibility index (Phi) is 3.58. The molecule has 0 heterocycles. The zero-order valence-corrected chi connectivity index (χ0v) is 13.4. The summed E-state index contributed by atoms with van der Waals surface area (Å²) >= 11 is 0. The molecule has 126 valence electrons. The molecule has 3 aromatic carbocycles. The van der Waals surface area contributed by atoms with E-state index in [2.05, 4.69) is 5.32 Å². The first kappa shape index (κ1) is 15.7. The van der Waals surface area contributed by atoms with Crippen LogP contribution < -0.4 is 5.32 Å². The summed E-state index contributed by atoms with van der Waals surface area (Å²) in [5, 5.41) is 15.4. The van der Waals surface area contributed by atoms with E-state index in [-0.39, 0.29) is 22.7 Å². The van der Waals surface area contributed by atoms with Crippen LogP contribution in [0, 0.1) is 10.1 Å². The van der Waals surface area contributed by atoms with Crippen molar-refractivity contribution in [2.24, 2.45) is 0 Å². The predicted molar refractivity (Wildman–Crippen MR) is 96.8 cm³/mol. The summed E-state index contributed by atoms with van der Waals surface area (Å²) in [4.78, 5) is 35.8. The summed E-state index contributed by atoms with van der Waals surface area (Å²) < 4.78 is 0. The number of carbonyl (C=O) groups excluding carboxylic acids is 2. The minimum atomic E-state index is -0.691.